The summed E-state index contributed by atoms with van der Waals surface area (Å²) in [5.74, 6) is 0.0785. The lowest BCUT2D eigenvalue weighted by Gasteiger charge is -2.32. The van der Waals surface area contributed by atoms with Crippen molar-refractivity contribution in [3.8, 4) is 0 Å². The molecule has 0 spiro atoms. The number of benzene rings is 2. The molecule has 26 heavy (non-hydrogen) atoms. The molecule has 0 bridgehead atoms. The molecule has 2 amide bonds. The van der Waals surface area contributed by atoms with Crippen LogP contribution in [0, 0.1) is 0 Å². The number of hydrogen-bond donors (Lipinski definition) is 1. The summed E-state index contributed by atoms with van der Waals surface area (Å²) in [5, 5.41) is 3.60. The fourth-order valence-corrected chi connectivity index (χ4v) is 3.42. The van der Waals surface area contributed by atoms with E-state index in [1.807, 2.05) is 35.2 Å². The maximum absolute atomic E-state index is 12.4. The fourth-order valence-electron chi connectivity index (χ4n) is 3.23. The molecule has 0 atom stereocenters. The minimum Gasteiger partial charge on any atom is -0.349 e. The molecule has 0 radical (unpaired) electrons. The van der Waals surface area contributed by atoms with Gasteiger partial charge in [0, 0.05) is 36.1 Å². The number of hydrogen-bond acceptors (Lipinski definition) is 2. The first-order chi connectivity index (χ1) is 12.6. The number of rotatable bonds is 5. The minimum absolute atomic E-state index is 0.0969. The highest BCUT2D eigenvalue weighted by atomic mass is 35.5. The maximum Gasteiger partial charge on any atom is 0.251 e. The Morgan fingerprint density at radius 2 is 1.77 bits per heavy atom. The molecule has 3 rings (SSSR count). The van der Waals surface area contributed by atoms with Crippen LogP contribution in [0.4, 0.5) is 0 Å². The van der Waals surface area contributed by atoms with Crippen molar-refractivity contribution in [1.29, 1.82) is 0 Å². The van der Waals surface area contributed by atoms with E-state index in [2.05, 4.69) is 5.32 Å². The number of aryl methyl sites for hydroxylation is 1. The van der Waals surface area contributed by atoms with Gasteiger partial charge in [0.25, 0.3) is 5.91 Å². The third kappa shape index (κ3) is 5.09. The second-order valence-electron chi connectivity index (χ2n) is 6.62. The highest BCUT2D eigenvalue weighted by molar-refractivity contribution is 6.30. The van der Waals surface area contributed by atoms with Gasteiger partial charge in [0.05, 0.1) is 0 Å². The topological polar surface area (TPSA) is 49.4 Å². The lowest BCUT2D eigenvalue weighted by molar-refractivity contribution is -0.132. The molecule has 0 aliphatic carbocycles. The largest absolute Gasteiger partial charge is 0.349 e. The smallest absolute Gasteiger partial charge is 0.251 e. The average Bonchev–Trinajstić information content (AvgIpc) is 2.67. The molecular formula is C21H23ClN2O2. The number of halogens is 1. The first kappa shape index (κ1) is 18.5. The Labute approximate surface area is 159 Å². The number of likely N-dealkylation sites (tertiary alicyclic amines) is 1. The van der Waals surface area contributed by atoms with Gasteiger partial charge in [-0.15, -0.1) is 0 Å². The van der Waals surface area contributed by atoms with Crippen LogP contribution in [-0.4, -0.2) is 35.8 Å². The van der Waals surface area contributed by atoms with Crippen molar-refractivity contribution < 1.29 is 9.59 Å². The second kappa shape index (κ2) is 8.86. The van der Waals surface area contributed by atoms with Gasteiger partial charge in [-0.3, -0.25) is 9.59 Å². The molecule has 1 aliphatic rings. The Balaban J connectivity index is 1.43. The molecule has 1 saturated heterocycles. The minimum atomic E-state index is -0.110. The summed E-state index contributed by atoms with van der Waals surface area (Å²) in [5.41, 5.74) is 1.75. The summed E-state index contributed by atoms with van der Waals surface area (Å²) in [7, 11) is 0. The summed E-state index contributed by atoms with van der Waals surface area (Å²) in [6, 6.07) is 17.1. The highest BCUT2D eigenvalue weighted by Crippen LogP contribution is 2.15. The Bertz CT molecular complexity index is 756. The van der Waals surface area contributed by atoms with Crippen LogP contribution in [0.15, 0.2) is 54.6 Å². The fraction of sp³-hybridized carbons (Fsp3) is 0.333. The Morgan fingerprint density at radius 1 is 1.04 bits per heavy atom. The third-order valence-electron chi connectivity index (χ3n) is 4.74. The van der Waals surface area contributed by atoms with Gasteiger partial charge < -0.3 is 10.2 Å². The third-order valence-corrected chi connectivity index (χ3v) is 4.98. The van der Waals surface area contributed by atoms with Crippen molar-refractivity contribution in [3.63, 3.8) is 0 Å². The van der Waals surface area contributed by atoms with Gasteiger partial charge in [-0.2, -0.15) is 0 Å². The molecule has 1 fully saturated rings. The molecule has 0 unspecified atom stereocenters. The van der Waals surface area contributed by atoms with Gasteiger partial charge in [-0.05, 0) is 43.0 Å². The molecule has 0 aromatic heterocycles. The summed E-state index contributed by atoms with van der Waals surface area (Å²) in [6.07, 6.45) is 2.86. The number of carbonyl (C=O) groups is 2. The number of nitrogens with one attached hydrogen (secondary N) is 1. The van der Waals surface area contributed by atoms with E-state index in [1.54, 1.807) is 24.3 Å². The molecule has 5 heteroatoms. The predicted molar refractivity (Wildman–Crippen MR) is 103 cm³/mol. The number of nitrogens with zero attached hydrogens (tertiary/aromatic N) is 1. The summed E-state index contributed by atoms with van der Waals surface area (Å²) in [6.45, 7) is 1.38. The molecule has 1 aliphatic heterocycles. The molecule has 0 saturated carbocycles. The normalized spacial score (nSPS) is 14.9. The lowest BCUT2D eigenvalue weighted by Crippen LogP contribution is -2.46. The van der Waals surface area contributed by atoms with Gasteiger partial charge >= 0.3 is 0 Å². The zero-order valence-corrected chi connectivity index (χ0v) is 15.4. The monoisotopic (exact) mass is 370 g/mol. The highest BCUT2D eigenvalue weighted by Gasteiger charge is 2.24. The zero-order chi connectivity index (χ0) is 18.4. The van der Waals surface area contributed by atoms with E-state index in [9.17, 15) is 9.59 Å². The maximum atomic E-state index is 12.4. The van der Waals surface area contributed by atoms with Crippen LogP contribution in [0.25, 0.3) is 0 Å². The zero-order valence-electron chi connectivity index (χ0n) is 14.7. The summed E-state index contributed by atoms with van der Waals surface area (Å²) < 4.78 is 0. The molecule has 4 nitrogen and oxygen atoms in total. The number of carbonyl (C=O) groups excluding carboxylic acids is 2. The molecule has 136 valence electrons. The first-order valence-corrected chi connectivity index (χ1v) is 9.38. The van der Waals surface area contributed by atoms with E-state index in [-0.39, 0.29) is 17.9 Å². The van der Waals surface area contributed by atoms with Crippen LogP contribution in [0.5, 0.6) is 0 Å². The molecular weight excluding hydrogens is 348 g/mol. The lowest BCUT2D eigenvalue weighted by atomic mass is 10.0. The molecule has 1 N–H and O–H groups in total. The average molecular weight is 371 g/mol. The number of amides is 2. The van der Waals surface area contributed by atoms with E-state index >= 15 is 0 Å². The van der Waals surface area contributed by atoms with E-state index in [4.69, 9.17) is 11.6 Å². The van der Waals surface area contributed by atoms with Crippen molar-refractivity contribution >= 4 is 23.4 Å². The van der Waals surface area contributed by atoms with Crippen molar-refractivity contribution in [2.24, 2.45) is 0 Å². The van der Waals surface area contributed by atoms with Crippen LogP contribution in [0.2, 0.25) is 5.02 Å². The van der Waals surface area contributed by atoms with Crippen molar-refractivity contribution in [1.82, 2.24) is 10.2 Å². The number of piperidine rings is 1. The van der Waals surface area contributed by atoms with Crippen molar-refractivity contribution in [3.05, 3.63) is 70.7 Å². The standard InChI is InChI=1S/C21H23ClN2O2/c22-18-8-4-7-17(15-18)21(26)23-19-11-13-24(14-12-19)20(25)10-9-16-5-2-1-3-6-16/h1-8,15,19H,9-14H2,(H,23,26). The van der Waals surface area contributed by atoms with Crippen molar-refractivity contribution in [2.75, 3.05) is 13.1 Å². The van der Waals surface area contributed by atoms with Crippen LogP contribution in [-0.2, 0) is 11.2 Å². The van der Waals surface area contributed by atoms with Gasteiger partial charge in [0.1, 0.15) is 0 Å². The predicted octanol–water partition coefficient (Wildman–Crippen LogP) is 3.69. The van der Waals surface area contributed by atoms with Crippen molar-refractivity contribution in [2.45, 2.75) is 31.7 Å². The van der Waals surface area contributed by atoms with Crippen LogP contribution >= 0.6 is 11.6 Å². The molecule has 1 heterocycles. The van der Waals surface area contributed by atoms with Crippen LogP contribution in [0.1, 0.15) is 35.2 Å². The van der Waals surface area contributed by atoms with E-state index in [0.29, 0.717) is 30.1 Å². The quantitative estimate of drug-likeness (QED) is 0.872. The van der Waals surface area contributed by atoms with Gasteiger partial charge in [-0.1, -0.05) is 48.0 Å². The Hall–Kier alpha value is -2.33. The molecule has 2 aromatic carbocycles. The molecule has 2 aromatic rings. The van der Waals surface area contributed by atoms with E-state index < -0.39 is 0 Å². The van der Waals surface area contributed by atoms with Gasteiger partial charge in [-0.25, -0.2) is 0 Å². The van der Waals surface area contributed by atoms with Gasteiger partial charge in [0.15, 0.2) is 0 Å². The summed E-state index contributed by atoms with van der Waals surface area (Å²) >= 11 is 5.94. The van der Waals surface area contributed by atoms with E-state index in [1.165, 1.54) is 5.56 Å². The second-order valence-corrected chi connectivity index (χ2v) is 7.06. The first-order valence-electron chi connectivity index (χ1n) is 9.00. The SMILES string of the molecule is O=C(NC1CCN(C(=O)CCc2ccccc2)CC1)c1cccc(Cl)c1. The summed E-state index contributed by atoms with van der Waals surface area (Å²) in [4.78, 5) is 26.6. The Kier molecular flexibility index (Phi) is 6.29. The van der Waals surface area contributed by atoms with E-state index in [0.717, 1.165) is 19.3 Å². The Morgan fingerprint density at radius 3 is 2.46 bits per heavy atom. The van der Waals surface area contributed by atoms with Crippen LogP contribution < -0.4 is 5.32 Å². The van der Waals surface area contributed by atoms with Gasteiger partial charge in [0.2, 0.25) is 5.91 Å². The van der Waals surface area contributed by atoms with Crippen LogP contribution in [0.3, 0.4) is 0 Å².